The van der Waals surface area contributed by atoms with E-state index < -0.39 is 0 Å². The molecule has 3 rings (SSSR count). The molecule has 2 aromatic rings. The highest BCUT2D eigenvalue weighted by atomic mass is 35.5. The van der Waals surface area contributed by atoms with E-state index in [1.165, 1.54) is 12.1 Å². The zero-order chi connectivity index (χ0) is 16.4. The number of aromatic nitrogens is 2. The number of aryl methyl sites for hydroxylation is 1. The number of carbonyl (C=O) groups excluding carboxylic acids is 1. The van der Waals surface area contributed by atoms with Gasteiger partial charge < -0.3 is 9.47 Å². The fraction of sp³-hybridized carbons (Fsp3) is 0.375. The molecule has 0 bridgehead atoms. The first kappa shape index (κ1) is 16.0. The zero-order valence-electron chi connectivity index (χ0n) is 12.9. The molecular formula is C16H18ClFN4O. The molecule has 1 aromatic carbocycles. The highest BCUT2D eigenvalue weighted by Crippen LogP contribution is 2.20. The van der Waals surface area contributed by atoms with E-state index in [2.05, 4.69) is 9.88 Å². The Balaban J connectivity index is 1.58. The average molecular weight is 337 g/mol. The van der Waals surface area contributed by atoms with E-state index >= 15 is 0 Å². The summed E-state index contributed by atoms with van der Waals surface area (Å²) < 4.78 is 14.8. The molecule has 0 saturated carbocycles. The molecule has 1 fully saturated rings. The molecule has 0 radical (unpaired) electrons. The predicted molar refractivity (Wildman–Crippen MR) is 85.8 cm³/mol. The van der Waals surface area contributed by atoms with E-state index in [9.17, 15) is 9.18 Å². The van der Waals surface area contributed by atoms with Gasteiger partial charge in [0.15, 0.2) is 5.82 Å². The number of hydrogen-bond donors (Lipinski definition) is 0. The van der Waals surface area contributed by atoms with Crippen LogP contribution in [-0.2, 0) is 13.6 Å². The van der Waals surface area contributed by atoms with Gasteiger partial charge in [0.25, 0.3) is 5.91 Å². The molecule has 1 aliphatic heterocycles. The van der Waals surface area contributed by atoms with Gasteiger partial charge in [-0.15, -0.1) is 0 Å². The van der Waals surface area contributed by atoms with Gasteiger partial charge >= 0.3 is 0 Å². The maximum absolute atomic E-state index is 13.1. The summed E-state index contributed by atoms with van der Waals surface area (Å²) in [4.78, 5) is 20.5. The standard InChI is InChI=1S/C16H18ClFN4O/c1-20-5-4-19-15(20)16(23)22-8-6-21(7-9-22)11-12-2-3-13(18)10-14(12)17/h2-5,10H,6-9,11H2,1H3. The van der Waals surface area contributed by atoms with Gasteiger partial charge in [0.2, 0.25) is 0 Å². The number of amides is 1. The highest BCUT2D eigenvalue weighted by molar-refractivity contribution is 6.31. The van der Waals surface area contributed by atoms with Crippen LogP contribution in [0.25, 0.3) is 0 Å². The third kappa shape index (κ3) is 3.54. The molecule has 0 unspecified atom stereocenters. The lowest BCUT2D eigenvalue weighted by molar-refractivity contribution is 0.0613. The number of piperazine rings is 1. The Morgan fingerprint density at radius 1 is 1.30 bits per heavy atom. The fourth-order valence-corrected chi connectivity index (χ4v) is 2.94. The van der Waals surface area contributed by atoms with E-state index in [1.807, 2.05) is 11.9 Å². The van der Waals surface area contributed by atoms with Crippen LogP contribution in [0.5, 0.6) is 0 Å². The number of nitrogens with zero attached hydrogens (tertiary/aromatic N) is 4. The lowest BCUT2D eigenvalue weighted by atomic mass is 10.2. The molecule has 0 atom stereocenters. The van der Waals surface area contributed by atoms with Crippen molar-refractivity contribution >= 4 is 17.5 Å². The molecule has 0 spiro atoms. The SMILES string of the molecule is Cn1ccnc1C(=O)N1CCN(Cc2ccc(F)cc2Cl)CC1. The first-order valence-electron chi connectivity index (χ1n) is 7.47. The van der Waals surface area contributed by atoms with Gasteiger partial charge in [-0.05, 0) is 17.7 Å². The molecule has 1 aromatic heterocycles. The second-order valence-electron chi connectivity index (χ2n) is 5.67. The molecule has 5 nitrogen and oxygen atoms in total. The van der Waals surface area contributed by atoms with Crippen molar-refractivity contribution in [2.75, 3.05) is 26.2 Å². The van der Waals surface area contributed by atoms with Crippen molar-refractivity contribution in [1.29, 1.82) is 0 Å². The van der Waals surface area contributed by atoms with Gasteiger partial charge in [0.1, 0.15) is 5.82 Å². The molecule has 0 N–H and O–H groups in total. The number of hydrogen-bond acceptors (Lipinski definition) is 3. The van der Waals surface area contributed by atoms with Gasteiger partial charge in [0, 0.05) is 57.2 Å². The van der Waals surface area contributed by atoms with Crippen molar-refractivity contribution in [2.24, 2.45) is 7.05 Å². The molecule has 1 aliphatic rings. The van der Waals surface area contributed by atoms with Gasteiger partial charge in [-0.25, -0.2) is 9.37 Å². The Labute approximate surface area is 139 Å². The zero-order valence-corrected chi connectivity index (χ0v) is 13.6. The van der Waals surface area contributed by atoms with Crippen molar-refractivity contribution in [3.8, 4) is 0 Å². The number of rotatable bonds is 3. The van der Waals surface area contributed by atoms with Crippen LogP contribution < -0.4 is 0 Å². The molecule has 122 valence electrons. The van der Waals surface area contributed by atoms with Crippen molar-refractivity contribution in [2.45, 2.75) is 6.54 Å². The minimum Gasteiger partial charge on any atom is -0.333 e. The molecule has 23 heavy (non-hydrogen) atoms. The number of imidazole rings is 1. The van der Waals surface area contributed by atoms with Crippen LogP contribution in [0.4, 0.5) is 4.39 Å². The topological polar surface area (TPSA) is 41.4 Å². The van der Waals surface area contributed by atoms with Crippen LogP contribution in [0.15, 0.2) is 30.6 Å². The summed E-state index contributed by atoms with van der Waals surface area (Å²) >= 11 is 6.07. The highest BCUT2D eigenvalue weighted by Gasteiger charge is 2.24. The maximum atomic E-state index is 13.1. The third-order valence-corrected chi connectivity index (χ3v) is 4.43. The quantitative estimate of drug-likeness (QED) is 0.862. The van der Waals surface area contributed by atoms with Crippen LogP contribution in [0.1, 0.15) is 16.2 Å². The van der Waals surface area contributed by atoms with Crippen LogP contribution in [0, 0.1) is 5.82 Å². The number of benzene rings is 1. The molecule has 1 saturated heterocycles. The summed E-state index contributed by atoms with van der Waals surface area (Å²) in [5.74, 6) is 0.0845. The minimum absolute atomic E-state index is 0.0445. The second-order valence-corrected chi connectivity index (χ2v) is 6.07. The van der Waals surface area contributed by atoms with E-state index in [-0.39, 0.29) is 11.7 Å². The summed E-state index contributed by atoms with van der Waals surface area (Å²) in [6, 6.07) is 4.46. The van der Waals surface area contributed by atoms with Crippen molar-refractivity contribution < 1.29 is 9.18 Å². The lowest BCUT2D eigenvalue weighted by Gasteiger charge is -2.34. The number of carbonyl (C=O) groups is 1. The second kappa shape index (κ2) is 6.68. The largest absolute Gasteiger partial charge is 0.333 e. The van der Waals surface area contributed by atoms with E-state index in [0.717, 1.165) is 18.7 Å². The first-order valence-corrected chi connectivity index (χ1v) is 7.85. The Morgan fingerprint density at radius 3 is 2.65 bits per heavy atom. The van der Waals surface area contributed by atoms with Crippen LogP contribution >= 0.6 is 11.6 Å². The molecule has 2 heterocycles. The molecular weight excluding hydrogens is 319 g/mol. The summed E-state index contributed by atoms with van der Waals surface area (Å²) in [6.07, 6.45) is 3.39. The van der Waals surface area contributed by atoms with Gasteiger partial charge in [-0.2, -0.15) is 0 Å². The van der Waals surface area contributed by atoms with Crippen molar-refractivity contribution in [3.05, 3.63) is 52.8 Å². The van der Waals surface area contributed by atoms with E-state index in [4.69, 9.17) is 11.6 Å². The lowest BCUT2D eigenvalue weighted by Crippen LogP contribution is -2.48. The van der Waals surface area contributed by atoms with E-state index in [1.54, 1.807) is 23.0 Å². The van der Waals surface area contributed by atoms with Crippen molar-refractivity contribution in [3.63, 3.8) is 0 Å². The molecule has 0 aliphatic carbocycles. The van der Waals surface area contributed by atoms with E-state index in [0.29, 0.717) is 30.5 Å². The fourth-order valence-electron chi connectivity index (χ4n) is 2.71. The number of halogens is 2. The Morgan fingerprint density at radius 2 is 2.04 bits per heavy atom. The predicted octanol–water partition coefficient (Wildman–Crippen LogP) is 2.17. The first-order chi connectivity index (χ1) is 11.0. The average Bonchev–Trinajstić information content (AvgIpc) is 2.96. The van der Waals surface area contributed by atoms with Crippen LogP contribution in [0.2, 0.25) is 5.02 Å². The Bertz CT molecular complexity index is 710. The molecule has 1 amide bonds. The smallest absolute Gasteiger partial charge is 0.289 e. The summed E-state index contributed by atoms with van der Waals surface area (Å²) in [7, 11) is 1.81. The van der Waals surface area contributed by atoms with Crippen LogP contribution in [0.3, 0.4) is 0 Å². The summed E-state index contributed by atoms with van der Waals surface area (Å²) in [5.41, 5.74) is 0.900. The monoisotopic (exact) mass is 336 g/mol. The van der Waals surface area contributed by atoms with Gasteiger partial charge in [-0.1, -0.05) is 17.7 Å². The van der Waals surface area contributed by atoms with Crippen LogP contribution in [-0.4, -0.2) is 51.4 Å². The Kier molecular flexibility index (Phi) is 4.63. The third-order valence-electron chi connectivity index (χ3n) is 4.08. The maximum Gasteiger partial charge on any atom is 0.289 e. The summed E-state index contributed by atoms with van der Waals surface area (Å²) in [6.45, 7) is 3.45. The minimum atomic E-state index is -0.329. The van der Waals surface area contributed by atoms with Crippen molar-refractivity contribution in [1.82, 2.24) is 19.4 Å². The Hall–Kier alpha value is -1.92. The normalized spacial score (nSPS) is 15.9. The van der Waals surface area contributed by atoms with Gasteiger partial charge in [-0.3, -0.25) is 9.69 Å². The van der Waals surface area contributed by atoms with Gasteiger partial charge in [0.05, 0.1) is 0 Å². The summed E-state index contributed by atoms with van der Waals surface area (Å²) in [5, 5.41) is 0.441. The molecule has 7 heteroatoms.